The van der Waals surface area contributed by atoms with Gasteiger partial charge in [-0.3, -0.25) is 4.79 Å². The molecule has 0 radical (unpaired) electrons. The number of nitrogens with two attached hydrogens (primary N) is 1. The Kier molecular flexibility index (Phi) is 5.68. The Labute approximate surface area is 117 Å². The van der Waals surface area contributed by atoms with Crippen molar-refractivity contribution in [3.8, 4) is 0 Å². The molecule has 2 aliphatic rings. The molecule has 3 atom stereocenters. The van der Waals surface area contributed by atoms with E-state index in [-0.39, 0.29) is 5.92 Å². The van der Waals surface area contributed by atoms with Crippen LogP contribution in [-0.2, 0) is 4.79 Å². The Hall–Kier alpha value is -0.570. The van der Waals surface area contributed by atoms with Crippen molar-refractivity contribution in [1.29, 1.82) is 0 Å². The molecule has 1 saturated heterocycles. The maximum atomic E-state index is 12.6. The number of hydrogen-bond acceptors (Lipinski definition) is 2. The van der Waals surface area contributed by atoms with Crippen molar-refractivity contribution in [3.63, 3.8) is 0 Å². The van der Waals surface area contributed by atoms with Gasteiger partial charge in [0.15, 0.2) is 0 Å². The first-order valence-corrected chi connectivity index (χ1v) is 8.23. The number of carbonyl (C=O) groups excluding carboxylic acids is 1. The Morgan fingerprint density at radius 1 is 1.11 bits per heavy atom. The molecule has 110 valence electrons. The summed E-state index contributed by atoms with van der Waals surface area (Å²) >= 11 is 0. The minimum absolute atomic E-state index is 0.264. The van der Waals surface area contributed by atoms with E-state index in [1.165, 1.54) is 38.5 Å². The molecule has 3 nitrogen and oxygen atoms in total. The van der Waals surface area contributed by atoms with E-state index in [0.29, 0.717) is 11.8 Å². The lowest BCUT2D eigenvalue weighted by Gasteiger charge is -2.32. The molecule has 2 N–H and O–H groups in total. The topological polar surface area (TPSA) is 46.3 Å². The van der Waals surface area contributed by atoms with Gasteiger partial charge in [-0.05, 0) is 56.9 Å². The molecule has 1 aliphatic heterocycles. The molecule has 1 aliphatic carbocycles. The number of nitrogens with zero attached hydrogens (tertiary/aromatic N) is 1. The van der Waals surface area contributed by atoms with Crippen molar-refractivity contribution in [3.05, 3.63) is 0 Å². The van der Waals surface area contributed by atoms with Crippen LogP contribution in [-0.4, -0.2) is 30.4 Å². The fraction of sp³-hybridized carbons (Fsp3) is 0.938. The number of rotatable bonds is 3. The second-order valence-corrected chi connectivity index (χ2v) is 6.50. The molecule has 0 spiro atoms. The van der Waals surface area contributed by atoms with E-state index < -0.39 is 0 Å². The molecule has 0 aromatic rings. The normalized spacial score (nSPS) is 32.9. The third-order valence-electron chi connectivity index (χ3n) is 5.20. The predicted molar refractivity (Wildman–Crippen MR) is 78.7 cm³/mol. The molecule has 1 amide bonds. The van der Waals surface area contributed by atoms with Crippen LogP contribution in [0.15, 0.2) is 0 Å². The van der Waals surface area contributed by atoms with Gasteiger partial charge in [-0.15, -0.1) is 0 Å². The molecule has 0 aromatic heterocycles. The summed E-state index contributed by atoms with van der Waals surface area (Å²) in [4.78, 5) is 14.8. The largest absolute Gasteiger partial charge is 0.342 e. The fourth-order valence-electron chi connectivity index (χ4n) is 3.78. The van der Waals surface area contributed by atoms with Gasteiger partial charge >= 0.3 is 0 Å². The molecule has 0 aromatic carbocycles. The van der Waals surface area contributed by atoms with Gasteiger partial charge in [0.05, 0.1) is 0 Å². The standard InChI is InChI=1S/C16H30N2O/c1-2-13-6-4-9-18(10-8-13)16(19)15-7-3-5-14(11-15)12-17/h13-15H,2-12,17H2,1H3. The molecule has 3 heteroatoms. The van der Waals surface area contributed by atoms with Gasteiger partial charge in [0.2, 0.25) is 5.91 Å². The highest BCUT2D eigenvalue weighted by Gasteiger charge is 2.30. The molecule has 1 saturated carbocycles. The lowest BCUT2D eigenvalue weighted by Crippen LogP contribution is -2.39. The molecule has 3 unspecified atom stereocenters. The van der Waals surface area contributed by atoms with Crippen LogP contribution in [0.2, 0.25) is 0 Å². The first kappa shape index (κ1) is 14.8. The summed E-state index contributed by atoms with van der Waals surface area (Å²) in [5.41, 5.74) is 5.78. The van der Waals surface area contributed by atoms with E-state index in [9.17, 15) is 4.79 Å². The second-order valence-electron chi connectivity index (χ2n) is 6.50. The zero-order valence-corrected chi connectivity index (χ0v) is 12.4. The number of amides is 1. The highest BCUT2D eigenvalue weighted by atomic mass is 16.2. The summed E-state index contributed by atoms with van der Waals surface area (Å²) in [7, 11) is 0. The second kappa shape index (κ2) is 7.28. The highest BCUT2D eigenvalue weighted by molar-refractivity contribution is 5.79. The smallest absolute Gasteiger partial charge is 0.225 e. The predicted octanol–water partition coefficient (Wildman–Crippen LogP) is 2.79. The van der Waals surface area contributed by atoms with Crippen LogP contribution in [0.25, 0.3) is 0 Å². The average molecular weight is 266 g/mol. The molecular weight excluding hydrogens is 236 g/mol. The Morgan fingerprint density at radius 3 is 2.63 bits per heavy atom. The lowest BCUT2D eigenvalue weighted by molar-refractivity contribution is -0.137. The van der Waals surface area contributed by atoms with Crippen LogP contribution in [0, 0.1) is 17.8 Å². The zero-order chi connectivity index (χ0) is 13.7. The Bertz CT molecular complexity index is 292. The summed E-state index contributed by atoms with van der Waals surface area (Å²) in [5, 5.41) is 0. The quantitative estimate of drug-likeness (QED) is 0.854. The third-order valence-corrected chi connectivity index (χ3v) is 5.20. The van der Waals surface area contributed by atoms with E-state index >= 15 is 0 Å². The average Bonchev–Trinajstić information content (AvgIpc) is 2.72. The van der Waals surface area contributed by atoms with E-state index in [0.717, 1.165) is 38.4 Å². The molecule has 2 rings (SSSR count). The van der Waals surface area contributed by atoms with Crippen molar-refractivity contribution in [2.24, 2.45) is 23.5 Å². The van der Waals surface area contributed by atoms with Gasteiger partial charge in [-0.1, -0.05) is 19.8 Å². The Morgan fingerprint density at radius 2 is 1.89 bits per heavy atom. The van der Waals surface area contributed by atoms with Gasteiger partial charge in [-0.25, -0.2) is 0 Å². The monoisotopic (exact) mass is 266 g/mol. The van der Waals surface area contributed by atoms with Crippen molar-refractivity contribution >= 4 is 5.91 Å². The minimum atomic E-state index is 0.264. The summed E-state index contributed by atoms with van der Waals surface area (Å²) in [6.45, 7) is 5.00. The van der Waals surface area contributed by atoms with Crippen LogP contribution >= 0.6 is 0 Å². The number of hydrogen-bond donors (Lipinski definition) is 1. The molecular formula is C16H30N2O. The van der Waals surface area contributed by atoms with Crippen LogP contribution in [0.4, 0.5) is 0 Å². The van der Waals surface area contributed by atoms with Gasteiger partial charge in [0.25, 0.3) is 0 Å². The number of likely N-dealkylation sites (tertiary alicyclic amines) is 1. The fourth-order valence-corrected chi connectivity index (χ4v) is 3.78. The maximum absolute atomic E-state index is 12.6. The van der Waals surface area contributed by atoms with E-state index in [1.807, 2.05) is 0 Å². The first-order valence-electron chi connectivity index (χ1n) is 8.23. The maximum Gasteiger partial charge on any atom is 0.225 e. The van der Waals surface area contributed by atoms with E-state index in [1.54, 1.807) is 0 Å². The SMILES string of the molecule is CCC1CCCN(C(=O)C2CCCC(CN)C2)CC1. The van der Waals surface area contributed by atoms with Crippen LogP contribution in [0.1, 0.15) is 58.3 Å². The van der Waals surface area contributed by atoms with Crippen LogP contribution in [0.5, 0.6) is 0 Å². The van der Waals surface area contributed by atoms with Crippen molar-refractivity contribution in [1.82, 2.24) is 4.90 Å². The number of carbonyl (C=O) groups is 1. The Balaban J connectivity index is 1.88. The van der Waals surface area contributed by atoms with Gasteiger partial charge in [0.1, 0.15) is 0 Å². The molecule has 2 fully saturated rings. The third kappa shape index (κ3) is 3.95. The summed E-state index contributed by atoms with van der Waals surface area (Å²) in [6.07, 6.45) is 9.48. The first-order chi connectivity index (χ1) is 9.24. The zero-order valence-electron chi connectivity index (χ0n) is 12.4. The lowest BCUT2D eigenvalue weighted by atomic mass is 9.80. The van der Waals surface area contributed by atoms with Crippen molar-refractivity contribution < 1.29 is 4.79 Å². The van der Waals surface area contributed by atoms with Crippen LogP contribution < -0.4 is 5.73 Å². The molecule has 0 bridgehead atoms. The molecule has 1 heterocycles. The summed E-state index contributed by atoms with van der Waals surface area (Å²) in [6, 6.07) is 0. The van der Waals surface area contributed by atoms with Crippen molar-refractivity contribution in [2.75, 3.05) is 19.6 Å². The van der Waals surface area contributed by atoms with E-state index in [2.05, 4.69) is 11.8 Å². The van der Waals surface area contributed by atoms with Crippen LogP contribution in [0.3, 0.4) is 0 Å². The highest BCUT2D eigenvalue weighted by Crippen LogP contribution is 2.31. The minimum Gasteiger partial charge on any atom is -0.342 e. The summed E-state index contributed by atoms with van der Waals surface area (Å²) in [5.74, 6) is 2.11. The van der Waals surface area contributed by atoms with E-state index in [4.69, 9.17) is 5.73 Å². The molecule has 19 heavy (non-hydrogen) atoms. The van der Waals surface area contributed by atoms with Gasteiger partial charge < -0.3 is 10.6 Å². The van der Waals surface area contributed by atoms with Crippen molar-refractivity contribution in [2.45, 2.75) is 58.3 Å². The summed E-state index contributed by atoms with van der Waals surface area (Å²) < 4.78 is 0. The van der Waals surface area contributed by atoms with Gasteiger partial charge in [0, 0.05) is 19.0 Å². The van der Waals surface area contributed by atoms with Gasteiger partial charge in [-0.2, -0.15) is 0 Å².